The summed E-state index contributed by atoms with van der Waals surface area (Å²) in [5.74, 6) is 0. The summed E-state index contributed by atoms with van der Waals surface area (Å²) in [5, 5.41) is 4.33. The number of nitrogens with zero attached hydrogens (tertiary/aromatic N) is 3. The molecule has 0 amide bonds. The molecule has 0 N–H and O–H groups in total. The lowest BCUT2D eigenvalue weighted by Crippen LogP contribution is -2.33. The molecule has 1 aliphatic rings. The summed E-state index contributed by atoms with van der Waals surface area (Å²) in [6, 6.07) is 6.88. The van der Waals surface area contributed by atoms with Gasteiger partial charge in [0, 0.05) is 12.6 Å². The number of aryl methyl sites for hydroxylation is 2. The van der Waals surface area contributed by atoms with Crippen LogP contribution in [-0.4, -0.2) is 21.2 Å². The maximum atomic E-state index is 12.2. The highest BCUT2D eigenvalue weighted by Gasteiger charge is 2.27. The highest BCUT2D eigenvalue weighted by Crippen LogP contribution is 2.33. The molecule has 1 aliphatic heterocycles. The number of likely N-dealkylation sites (tertiary alicyclic amines) is 1. The molecule has 4 nitrogen and oxygen atoms in total. The van der Waals surface area contributed by atoms with Crippen LogP contribution in [0.3, 0.4) is 0 Å². The van der Waals surface area contributed by atoms with Crippen LogP contribution in [0.5, 0.6) is 0 Å². The zero-order chi connectivity index (χ0) is 16.6. The molecule has 0 aliphatic carbocycles. The monoisotopic (exact) mass is 351 g/mol. The summed E-state index contributed by atoms with van der Waals surface area (Å²) in [7, 11) is 0. The van der Waals surface area contributed by atoms with Crippen molar-refractivity contribution in [3.8, 4) is 0 Å². The van der Waals surface area contributed by atoms with Gasteiger partial charge in [0.2, 0.25) is 0 Å². The van der Waals surface area contributed by atoms with Crippen molar-refractivity contribution in [3.63, 3.8) is 0 Å². The average molecular weight is 352 g/mol. The molecule has 1 aromatic carbocycles. The number of aromatic nitrogens is 2. The van der Waals surface area contributed by atoms with Gasteiger partial charge >= 0.3 is 0 Å². The van der Waals surface area contributed by atoms with Crippen molar-refractivity contribution in [2.45, 2.75) is 39.4 Å². The molecule has 2 heterocycles. The van der Waals surface area contributed by atoms with Crippen LogP contribution in [-0.2, 0) is 6.67 Å². The lowest BCUT2D eigenvalue weighted by atomic mass is 9.99. The van der Waals surface area contributed by atoms with Gasteiger partial charge in [-0.05, 0) is 43.4 Å². The maximum absolute atomic E-state index is 12.2. The first-order valence-electron chi connectivity index (χ1n) is 7.69. The minimum absolute atomic E-state index is 0.0311. The summed E-state index contributed by atoms with van der Waals surface area (Å²) >= 11 is 11.8. The molecule has 1 aromatic heterocycles. The van der Waals surface area contributed by atoms with Crippen LogP contribution >= 0.6 is 23.2 Å². The van der Waals surface area contributed by atoms with Crippen LogP contribution in [0.25, 0.3) is 0 Å². The van der Waals surface area contributed by atoms with Gasteiger partial charge in [0.05, 0.1) is 17.9 Å². The fourth-order valence-electron chi connectivity index (χ4n) is 3.06. The van der Waals surface area contributed by atoms with Gasteiger partial charge in [-0.3, -0.25) is 9.69 Å². The Balaban J connectivity index is 1.86. The van der Waals surface area contributed by atoms with Crippen LogP contribution in [0.15, 0.2) is 29.2 Å². The zero-order valence-electron chi connectivity index (χ0n) is 13.2. The van der Waals surface area contributed by atoms with Gasteiger partial charge in [0.15, 0.2) is 0 Å². The van der Waals surface area contributed by atoms with Crippen LogP contribution in [0.1, 0.15) is 35.6 Å². The Bertz CT molecular complexity index is 788. The predicted molar refractivity (Wildman–Crippen MR) is 93.1 cm³/mol. The number of hydrogen-bond acceptors (Lipinski definition) is 3. The lowest BCUT2D eigenvalue weighted by molar-refractivity contribution is 0.187. The van der Waals surface area contributed by atoms with Gasteiger partial charge in [-0.25, -0.2) is 4.68 Å². The van der Waals surface area contributed by atoms with Gasteiger partial charge in [-0.2, -0.15) is 5.10 Å². The van der Waals surface area contributed by atoms with E-state index >= 15 is 0 Å². The quantitative estimate of drug-likeness (QED) is 0.839. The molecular formula is C17H19Cl2N3O. The van der Waals surface area contributed by atoms with Crippen molar-refractivity contribution in [1.82, 2.24) is 14.7 Å². The Labute approximate surface area is 145 Å². The standard InChI is InChI=1S/C17H19Cl2N3O/c1-11-5-6-13(8-12(11)2)15-4-3-7-21(15)10-22-17(23)16(19)14(18)9-20-22/h5-6,8-9,15H,3-4,7,10H2,1-2H3. The molecule has 0 saturated carbocycles. The SMILES string of the molecule is Cc1ccc(C2CCCN2Cn2ncc(Cl)c(Cl)c2=O)cc1C. The van der Waals surface area contributed by atoms with E-state index in [2.05, 4.69) is 42.0 Å². The van der Waals surface area contributed by atoms with Crippen LogP contribution < -0.4 is 5.56 Å². The molecular weight excluding hydrogens is 333 g/mol. The van der Waals surface area contributed by atoms with Gasteiger partial charge < -0.3 is 0 Å². The normalized spacial score (nSPS) is 18.5. The van der Waals surface area contributed by atoms with Crippen LogP contribution in [0, 0.1) is 13.8 Å². The molecule has 0 spiro atoms. The largest absolute Gasteiger partial charge is 0.288 e. The highest BCUT2D eigenvalue weighted by atomic mass is 35.5. The van der Waals surface area contributed by atoms with Crippen molar-refractivity contribution in [2.24, 2.45) is 0 Å². The third-order valence-electron chi connectivity index (χ3n) is 4.54. The smallest absolute Gasteiger partial charge is 0.277 e. The van der Waals surface area contributed by atoms with E-state index in [1.54, 1.807) is 0 Å². The number of hydrogen-bond donors (Lipinski definition) is 0. The van der Waals surface area contributed by atoms with E-state index in [0.717, 1.165) is 19.4 Å². The van der Waals surface area contributed by atoms with Crippen molar-refractivity contribution >= 4 is 23.2 Å². The summed E-state index contributed by atoms with van der Waals surface area (Å²) in [6.07, 6.45) is 3.61. The highest BCUT2D eigenvalue weighted by molar-refractivity contribution is 6.41. The molecule has 122 valence electrons. The molecule has 0 radical (unpaired) electrons. The van der Waals surface area contributed by atoms with Gasteiger partial charge in [0.1, 0.15) is 5.02 Å². The molecule has 2 aromatic rings. The Hall–Kier alpha value is -1.36. The predicted octanol–water partition coefficient (Wildman–Crippen LogP) is 3.96. The van der Waals surface area contributed by atoms with Crippen molar-refractivity contribution in [3.05, 3.63) is 61.5 Å². The van der Waals surface area contributed by atoms with Crippen molar-refractivity contribution in [2.75, 3.05) is 6.54 Å². The molecule has 6 heteroatoms. The Morgan fingerprint density at radius 3 is 2.78 bits per heavy atom. The zero-order valence-corrected chi connectivity index (χ0v) is 14.7. The van der Waals surface area contributed by atoms with E-state index in [-0.39, 0.29) is 15.6 Å². The minimum atomic E-state index is -0.343. The lowest BCUT2D eigenvalue weighted by Gasteiger charge is -2.25. The molecule has 3 rings (SSSR count). The van der Waals surface area contributed by atoms with E-state index in [1.165, 1.54) is 27.6 Å². The maximum Gasteiger partial charge on any atom is 0.288 e. The third-order valence-corrected chi connectivity index (χ3v) is 5.29. The number of benzene rings is 1. The molecule has 1 fully saturated rings. The number of rotatable bonds is 3. The van der Waals surface area contributed by atoms with E-state index in [1.807, 2.05) is 0 Å². The van der Waals surface area contributed by atoms with Crippen LogP contribution in [0.4, 0.5) is 0 Å². The molecule has 23 heavy (non-hydrogen) atoms. The van der Waals surface area contributed by atoms with Gasteiger partial charge in [0.25, 0.3) is 5.56 Å². The Morgan fingerprint density at radius 1 is 1.26 bits per heavy atom. The van der Waals surface area contributed by atoms with E-state index < -0.39 is 0 Å². The second kappa shape index (κ2) is 6.63. The van der Waals surface area contributed by atoms with E-state index in [9.17, 15) is 4.79 Å². The minimum Gasteiger partial charge on any atom is -0.277 e. The average Bonchev–Trinajstić information content (AvgIpc) is 2.99. The fraction of sp³-hybridized carbons (Fsp3) is 0.412. The molecule has 0 bridgehead atoms. The second-order valence-corrected chi connectivity index (χ2v) is 6.85. The van der Waals surface area contributed by atoms with Crippen LogP contribution in [0.2, 0.25) is 10.0 Å². The van der Waals surface area contributed by atoms with Gasteiger partial charge in [-0.15, -0.1) is 0 Å². The topological polar surface area (TPSA) is 38.1 Å². The first-order valence-corrected chi connectivity index (χ1v) is 8.45. The molecule has 1 saturated heterocycles. The van der Waals surface area contributed by atoms with E-state index in [4.69, 9.17) is 23.2 Å². The molecule has 1 unspecified atom stereocenters. The first kappa shape index (κ1) is 16.5. The number of halogens is 2. The summed E-state index contributed by atoms with van der Waals surface area (Å²) in [4.78, 5) is 14.4. The second-order valence-electron chi connectivity index (χ2n) is 6.07. The Kier molecular flexibility index (Phi) is 4.76. The van der Waals surface area contributed by atoms with Crippen molar-refractivity contribution in [1.29, 1.82) is 0 Å². The summed E-state index contributed by atoms with van der Waals surface area (Å²) in [6.45, 7) is 5.60. The van der Waals surface area contributed by atoms with E-state index in [0.29, 0.717) is 12.7 Å². The van der Waals surface area contributed by atoms with Gasteiger partial charge in [-0.1, -0.05) is 41.4 Å². The third kappa shape index (κ3) is 3.30. The Morgan fingerprint density at radius 2 is 2.04 bits per heavy atom. The molecule has 1 atom stereocenters. The van der Waals surface area contributed by atoms with Crippen molar-refractivity contribution < 1.29 is 0 Å². The summed E-state index contributed by atoms with van der Waals surface area (Å²) in [5.41, 5.74) is 3.53. The fourth-order valence-corrected chi connectivity index (χ4v) is 3.33. The first-order chi connectivity index (χ1) is 11.0. The summed E-state index contributed by atoms with van der Waals surface area (Å²) < 4.78 is 1.38.